The molecule has 0 amide bonds. The highest BCUT2D eigenvalue weighted by molar-refractivity contribution is 5.28. The van der Waals surface area contributed by atoms with Crippen molar-refractivity contribution in [2.75, 3.05) is 13.2 Å². The summed E-state index contributed by atoms with van der Waals surface area (Å²) in [5.41, 5.74) is -0.0183. The molecule has 2 unspecified atom stereocenters. The van der Waals surface area contributed by atoms with Gasteiger partial charge in [0.05, 0.1) is 25.4 Å². The minimum absolute atomic E-state index is 0.136. The number of rotatable bonds is 6. The van der Waals surface area contributed by atoms with E-state index in [1.807, 2.05) is 0 Å². The highest BCUT2D eigenvalue weighted by atomic mass is 16.3. The summed E-state index contributed by atoms with van der Waals surface area (Å²) in [5, 5.41) is 39.3. The molecule has 0 fully saturated rings. The third-order valence-electron chi connectivity index (χ3n) is 3.84. The van der Waals surface area contributed by atoms with Crippen LogP contribution in [0.3, 0.4) is 0 Å². The highest BCUT2D eigenvalue weighted by Crippen LogP contribution is 2.37. The van der Waals surface area contributed by atoms with Crippen LogP contribution in [0.1, 0.15) is 51.0 Å². The van der Waals surface area contributed by atoms with E-state index in [0.29, 0.717) is 11.1 Å². The first-order valence-corrected chi connectivity index (χ1v) is 6.83. The summed E-state index contributed by atoms with van der Waals surface area (Å²) in [6, 6.07) is 7.02. The number of aliphatic hydroxyl groups is 4. The lowest BCUT2D eigenvalue weighted by molar-refractivity contribution is 0.00216. The molecule has 0 saturated carbocycles. The van der Waals surface area contributed by atoms with E-state index < -0.39 is 23.0 Å². The van der Waals surface area contributed by atoms with Crippen molar-refractivity contribution < 1.29 is 20.4 Å². The lowest BCUT2D eigenvalue weighted by atomic mass is 9.80. The van der Waals surface area contributed by atoms with Gasteiger partial charge in [0.1, 0.15) is 0 Å². The minimum atomic E-state index is -0.822. The molecule has 4 nitrogen and oxygen atoms in total. The first-order valence-electron chi connectivity index (χ1n) is 6.83. The van der Waals surface area contributed by atoms with E-state index in [0.717, 1.165) is 0 Å². The fourth-order valence-electron chi connectivity index (χ4n) is 1.97. The zero-order valence-corrected chi connectivity index (χ0v) is 12.7. The monoisotopic (exact) mass is 282 g/mol. The van der Waals surface area contributed by atoms with Crippen molar-refractivity contribution in [3.8, 4) is 0 Å². The molecule has 0 radical (unpaired) electrons. The molecule has 1 rings (SSSR count). The Balaban J connectivity index is 3.08. The van der Waals surface area contributed by atoms with Gasteiger partial charge >= 0.3 is 0 Å². The van der Waals surface area contributed by atoms with Gasteiger partial charge in [-0.05, 0) is 11.1 Å². The fourth-order valence-corrected chi connectivity index (χ4v) is 1.97. The van der Waals surface area contributed by atoms with Crippen molar-refractivity contribution in [1.29, 1.82) is 0 Å². The van der Waals surface area contributed by atoms with Crippen molar-refractivity contribution in [2.24, 2.45) is 10.8 Å². The molecule has 4 N–H and O–H groups in total. The molecule has 0 aliphatic heterocycles. The smallest absolute Gasteiger partial charge is 0.0862 e. The van der Waals surface area contributed by atoms with Crippen LogP contribution in [0.2, 0.25) is 0 Å². The first kappa shape index (κ1) is 17.1. The van der Waals surface area contributed by atoms with Crippen LogP contribution in [0.5, 0.6) is 0 Å². The van der Waals surface area contributed by atoms with Crippen molar-refractivity contribution in [3.63, 3.8) is 0 Å². The zero-order chi connectivity index (χ0) is 15.6. The van der Waals surface area contributed by atoms with E-state index in [4.69, 9.17) is 0 Å². The second kappa shape index (κ2) is 6.22. The Morgan fingerprint density at radius 3 is 1.50 bits per heavy atom. The summed E-state index contributed by atoms with van der Waals surface area (Å²) >= 11 is 0. The van der Waals surface area contributed by atoms with Gasteiger partial charge in [-0.1, -0.05) is 52.0 Å². The van der Waals surface area contributed by atoms with Crippen LogP contribution in [0.15, 0.2) is 24.3 Å². The SMILES string of the molecule is CC(C)(CO)C(O)c1cccc(C(O)C(C)(C)CO)c1. The molecule has 0 bridgehead atoms. The van der Waals surface area contributed by atoms with Crippen LogP contribution < -0.4 is 0 Å². The van der Waals surface area contributed by atoms with Gasteiger partial charge in [0, 0.05) is 10.8 Å². The van der Waals surface area contributed by atoms with Crippen molar-refractivity contribution >= 4 is 0 Å². The van der Waals surface area contributed by atoms with Gasteiger partial charge in [-0.25, -0.2) is 0 Å². The van der Waals surface area contributed by atoms with Crippen LogP contribution in [0.25, 0.3) is 0 Å². The Bertz CT molecular complexity index is 403. The van der Waals surface area contributed by atoms with E-state index in [1.54, 1.807) is 52.0 Å². The Kier molecular flexibility index (Phi) is 5.33. The number of hydrogen-bond acceptors (Lipinski definition) is 4. The molecule has 114 valence electrons. The molecule has 0 saturated heterocycles. The summed E-state index contributed by atoms with van der Waals surface area (Å²) in [6.07, 6.45) is -1.64. The number of hydrogen-bond donors (Lipinski definition) is 4. The van der Waals surface area contributed by atoms with Gasteiger partial charge < -0.3 is 20.4 Å². The Hall–Kier alpha value is -0.940. The second-order valence-corrected chi connectivity index (χ2v) is 6.77. The average Bonchev–Trinajstić information content (AvgIpc) is 2.45. The molecular weight excluding hydrogens is 256 g/mol. The summed E-state index contributed by atoms with van der Waals surface area (Å²) < 4.78 is 0. The van der Waals surface area contributed by atoms with Crippen LogP contribution in [0, 0.1) is 10.8 Å². The standard InChI is InChI=1S/C16H26O4/c1-15(2,9-17)13(19)11-6-5-7-12(8-11)14(20)16(3,4)10-18/h5-8,13-14,17-20H,9-10H2,1-4H3. The topological polar surface area (TPSA) is 80.9 Å². The van der Waals surface area contributed by atoms with Crippen LogP contribution in [-0.2, 0) is 0 Å². The Morgan fingerprint density at radius 1 is 0.850 bits per heavy atom. The van der Waals surface area contributed by atoms with E-state index in [9.17, 15) is 20.4 Å². The lowest BCUT2D eigenvalue weighted by Crippen LogP contribution is -2.27. The second-order valence-electron chi connectivity index (χ2n) is 6.77. The molecule has 0 aliphatic carbocycles. The molecule has 0 aromatic heterocycles. The number of aliphatic hydroxyl groups excluding tert-OH is 4. The molecule has 4 heteroatoms. The normalized spacial score (nSPS) is 16.0. The third-order valence-corrected chi connectivity index (χ3v) is 3.84. The largest absolute Gasteiger partial charge is 0.396 e. The van der Waals surface area contributed by atoms with E-state index >= 15 is 0 Å². The molecule has 1 aromatic rings. The van der Waals surface area contributed by atoms with Gasteiger partial charge in [-0.2, -0.15) is 0 Å². The predicted molar refractivity (Wildman–Crippen MR) is 78.1 cm³/mol. The Labute approximate surface area is 120 Å². The third kappa shape index (κ3) is 3.58. The van der Waals surface area contributed by atoms with E-state index in [1.165, 1.54) is 0 Å². The molecule has 1 aromatic carbocycles. The molecular formula is C16H26O4. The zero-order valence-electron chi connectivity index (χ0n) is 12.7. The molecule has 2 atom stereocenters. The fraction of sp³-hybridized carbons (Fsp3) is 0.625. The summed E-state index contributed by atoms with van der Waals surface area (Å²) in [4.78, 5) is 0. The van der Waals surface area contributed by atoms with Crippen LogP contribution >= 0.6 is 0 Å². The van der Waals surface area contributed by atoms with E-state index in [-0.39, 0.29) is 13.2 Å². The average molecular weight is 282 g/mol. The minimum Gasteiger partial charge on any atom is -0.396 e. The van der Waals surface area contributed by atoms with Gasteiger partial charge in [0.2, 0.25) is 0 Å². The maximum atomic E-state index is 10.3. The quantitative estimate of drug-likeness (QED) is 0.641. The molecule has 0 aliphatic rings. The number of benzene rings is 1. The maximum Gasteiger partial charge on any atom is 0.0862 e. The summed E-state index contributed by atoms with van der Waals surface area (Å²) in [5.74, 6) is 0. The van der Waals surface area contributed by atoms with Crippen molar-refractivity contribution in [3.05, 3.63) is 35.4 Å². The molecule has 0 spiro atoms. The Morgan fingerprint density at radius 2 is 1.20 bits per heavy atom. The first-order chi connectivity index (χ1) is 9.15. The van der Waals surface area contributed by atoms with Gasteiger partial charge in [0.15, 0.2) is 0 Å². The van der Waals surface area contributed by atoms with Crippen LogP contribution in [0.4, 0.5) is 0 Å². The highest BCUT2D eigenvalue weighted by Gasteiger charge is 2.31. The molecule has 20 heavy (non-hydrogen) atoms. The summed E-state index contributed by atoms with van der Waals surface area (Å²) in [6.45, 7) is 6.83. The van der Waals surface area contributed by atoms with Crippen LogP contribution in [-0.4, -0.2) is 33.6 Å². The molecule has 0 heterocycles. The lowest BCUT2D eigenvalue weighted by Gasteiger charge is -2.31. The van der Waals surface area contributed by atoms with Gasteiger partial charge in [-0.3, -0.25) is 0 Å². The van der Waals surface area contributed by atoms with Gasteiger partial charge in [0.25, 0.3) is 0 Å². The van der Waals surface area contributed by atoms with E-state index in [2.05, 4.69) is 0 Å². The van der Waals surface area contributed by atoms with Gasteiger partial charge in [-0.15, -0.1) is 0 Å². The predicted octanol–water partition coefficient (Wildman–Crippen LogP) is 1.79. The van der Waals surface area contributed by atoms with Crippen molar-refractivity contribution in [1.82, 2.24) is 0 Å². The summed E-state index contributed by atoms with van der Waals surface area (Å²) in [7, 11) is 0. The maximum absolute atomic E-state index is 10.3. The van der Waals surface area contributed by atoms with Crippen molar-refractivity contribution in [2.45, 2.75) is 39.9 Å².